The zero-order chi connectivity index (χ0) is 21.5. The number of benzene rings is 2. The van der Waals surface area contributed by atoms with Gasteiger partial charge >= 0.3 is 5.97 Å². The summed E-state index contributed by atoms with van der Waals surface area (Å²) in [5.41, 5.74) is 4.48. The molecule has 1 amide bonds. The van der Waals surface area contributed by atoms with E-state index >= 15 is 0 Å². The van der Waals surface area contributed by atoms with Crippen molar-refractivity contribution < 1.29 is 18.8 Å². The van der Waals surface area contributed by atoms with Gasteiger partial charge in [0.05, 0.1) is 29.3 Å². The van der Waals surface area contributed by atoms with Gasteiger partial charge in [-0.05, 0) is 44.0 Å². The summed E-state index contributed by atoms with van der Waals surface area (Å²) in [5.74, 6) is 0.985. The number of nitrogens with zero attached hydrogens (tertiary/aromatic N) is 1. The average Bonchev–Trinajstić information content (AvgIpc) is 3.07. The minimum Gasteiger partial charge on any atom is -0.462 e. The first kappa shape index (κ1) is 21.6. The highest BCUT2D eigenvalue weighted by Crippen LogP contribution is 2.26. The molecule has 1 aromatic heterocycles. The highest BCUT2D eigenvalue weighted by Gasteiger charge is 2.17. The van der Waals surface area contributed by atoms with Crippen molar-refractivity contribution in [3.05, 3.63) is 71.1 Å². The van der Waals surface area contributed by atoms with E-state index in [0.717, 1.165) is 28.1 Å². The Bertz CT molecular complexity index is 1010. The van der Waals surface area contributed by atoms with Crippen molar-refractivity contribution in [2.45, 2.75) is 26.5 Å². The van der Waals surface area contributed by atoms with E-state index in [1.165, 1.54) is 11.8 Å². The summed E-state index contributed by atoms with van der Waals surface area (Å²) in [5, 5.41) is 6.76. The molecule has 0 fully saturated rings. The number of esters is 1. The van der Waals surface area contributed by atoms with Gasteiger partial charge in [0.25, 0.3) is 0 Å². The SMILES string of the molecule is CCOC(=O)c1cc(-c2ccccc2)ccc1NC(=O)CSCc1c(C)noc1C. The zero-order valence-electron chi connectivity index (χ0n) is 17.2. The Morgan fingerprint density at radius 2 is 1.87 bits per heavy atom. The van der Waals surface area contributed by atoms with Gasteiger partial charge in [0.2, 0.25) is 5.91 Å². The summed E-state index contributed by atoms with van der Waals surface area (Å²) in [6, 6.07) is 15.1. The number of carbonyl (C=O) groups is 2. The summed E-state index contributed by atoms with van der Waals surface area (Å²) in [7, 11) is 0. The van der Waals surface area contributed by atoms with Crippen molar-refractivity contribution in [2.75, 3.05) is 17.7 Å². The lowest BCUT2D eigenvalue weighted by atomic mass is 10.0. The molecule has 156 valence electrons. The number of anilines is 1. The Labute approximate surface area is 180 Å². The molecule has 0 aliphatic carbocycles. The van der Waals surface area contributed by atoms with Crippen LogP contribution in [-0.4, -0.2) is 29.4 Å². The number of hydrogen-bond acceptors (Lipinski definition) is 6. The number of amides is 1. The van der Waals surface area contributed by atoms with Crippen LogP contribution in [0.1, 0.15) is 34.3 Å². The van der Waals surface area contributed by atoms with Crippen LogP contribution in [0.25, 0.3) is 11.1 Å². The number of nitrogens with one attached hydrogen (secondary N) is 1. The molecule has 1 N–H and O–H groups in total. The second-order valence-corrected chi connectivity index (χ2v) is 7.68. The number of rotatable bonds is 8. The fraction of sp³-hybridized carbons (Fsp3) is 0.261. The van der Waals surface area contributed by atoms with Crippen LogP contribution in [0.4, 0.5) is 5.69 Å². The first-order valence-corrected chi connectivity index (χ1v) is 10.8. The minimum atomic E-state index is -0.464. The molecule has 6 nitrogen and oxygen atoms in total. The van der Waals surface area contributed by atoms with E-state index in [4.69, 9.17) is 9.26 Å². The van der Waals surface area contributed by atoms with Gasteiger partial charge in [-0.3, -0.25) is 4.79 Å². The van der Waals surface area contributed by atoms with E-state index in [0.29, 0.717) is 17.0 Å². The van der Waals surface area contributed by atoms with Gasteiger partial charge in [-0.15, -0.1) is 11.8 Å². The Hall–Kier alpha value is -3.06. The summed E-state index contributed by atoms with van der Waals surface area (Å²) in [6.07, 6.45) is 0. The molecule has 3 aromatic rings. The van der Waals surface area contributed by atoms with Gasteiger partial charge in [-0.1, -0.05) is 41.6 Å². The molecule has 0 saturated carbocycles. The molecule has 0 unspecified atom stereocenters. The number of aromatic nitrogens is 1. The van der Waals surface area contributed by atoms with Crippen LogP contribution in [0, 0.1) is 13.8 Å². The highest BCUT2D eigenvalue weighted by molar-refractivity contribution is 7.99. The lowest BCUT2D eigenvalue weighted by Gasteiger charge is -2.13. The third-order valence-corrected chi connectivity index (χ3v) is 5.52. The van der Waals surface area contributed by atoms with Crippen LogP contribution in [0.2, 0.25) is 0 Å². The van der Waals surface area contributed by atoms with Crippen molar-refractivity contribution in [1.82, 2.24) is 5.16 Å². The molecule has 3 rings (SSSR count). The van der Waals surface area contributed by atoms with Gasteiger partial charge < -0.3 is 14.6 Å². The maximum absolute atomic E-state index is 12.5. The first-order chi connectivity index (χ1) is 14.5. The molecule has 0 aliphatic rings. The summed E-state index contributed by atoms with van der Waals surface area (Å²) >= 11 is 1.46. The van der Waals surface area contributed by atoms with Crippen molar-refractivity contribution in [1.29, 1.82) is 0 Å². The van der Waals surface area contributed by atoms with E-state index in [9.17, 15) is 9.59 Å². The standard InChI is InChI=1S/C23H24N2O4S/c1-4-28-23(27)19-12-18(17-8-6-5-7-9-17)10-11-21(19)24-22(26)14-30-13-20-15(2)25-29-16(20)3/h5-12H,4,13-14H2,1-3H3,(H,24,26). The molecule has 7 heteroatoms. The van der Waals surface area contributed by atoms with Crippen molar-refractivity contribution in [2.24, 2.45) is 0 Å². The maximum Gasteiger partial charge on any atom is 0.340 e. The lowest BCUT2D eigenvalue weighted by Crippen LogP contribution is -2.17. The molecule has 0 bridgehead atoms. The van der Waals surface area contributed by atoms with Crippen LogP contribution >= 0.6 is 11.8 Å². The molecule has 0 atom stereocenters. The third kappa shape index (κ3) is 5.30. The van der Waals surface area contributed by atoms with E-state index in [1.807, 2.05) is 50.2 Å². The lowest BCUT2D eigenvalue weighted by molar-refractivity contribution is -0.113. The van der Waals surface area contributed by atoms with Gasteiger partial charge in [0.15, 0.2) is 0 Å². The quantitative estimate of drug-likeness (QED) is 0.512. The molecule has 2 aromatic carbocycles. The summed E-state index contributed by atoms with van der Waals surface area (Å²) < 4.78 is 10.3. The highest BCUT2D eigenvalue weighted by atomic mass is 32.2. The van der Waals surface area contributed by atoms with E-state index in [1.54, 1.807) is 19.1 Å². The van der Waals surface area contributed by atoms with E-state index in [-0.39, 0.29) is 18.3 Å². The van der Waals surface area contributed by atoms with Crippen LogP contribution in [-0.2, 0) is 15.3 Å². The van der Waals surface area contributed by atoms with Crippen LogP contribution in [0.15, 0.2) is 53.1 Å². The average molecular weight is 425 g/mol. The monoisotopic (exact) mass is 424 g/mol. The van der Waals surface area contributed by atoms with Crippen molar-refractivity contribution >= 4 is 29.3 Å². The van der Waals surface area contributed by atoms with E-state index < -0.39 is 5.97 Å². The predicted molar refractivity (Wildman–Crippen MR) is 119 cm³/mol. The molecule has 0 aliphatic heterocycles. The fourth-order valence-electron chi connectivity index (χ4n) is 2.98. The number of ether oxygens (including phenoxy) is 1. The van der Waals surface area contributed by atoms with Gasteiger partial charge in [-0.25, -0.2) is 4.79 Å². The number of carbonyl (C=O) groups excluding carboxylic acids is 2. The topological polar surface area (TPSA) is 81.4 Å². The van der Waals surface area contributed by atoms with Crippen LogP contribution in [0.3, 0.4) is 0 Å². The molecule has 0 spiro atoms. The summed E-state index contributed by atoms with van der Waals surface area (Å²) in [4.78, 5) is 25.0. The fourth-order valence-corrected chi connectivity index (χ4v) is 3.96. The Morgan fingerprint density at radius 3 is 2.53 bits per heavy atom. The number of hydrogen-bond donors (Lipinski definition) is 1. The number of thioether (sulfide) groups is 1. The van der Waals surface area contributed by atoms with Crippen molar-refractivity contribution in [3.63, 3.8) is 0 Å². The zero-order valence-corrected chi connectivity index (χ0v) is 18.0. The number of aryl methyl sites for hydroxylation is 2. The largest absolute Gasteiger partial charge is 0.462 e. The minimum absolute atomic E-state index is 0.190. The second-order valence-electron chi connectivity index (χ2n) is 6.69. The molecular weight excluding hydrogens is 400 g/mol. The predicted octanol–water partition coefficient (Wildman–Crippen LogP) is 5.01. The smallest absolute Gasteiger partial charge is 0.340 e. The maximum atomic E-state index is 12.5. The Kier molecular flexibility index (Phi) is 7.30. The van der Waals surface area contributed by atoms with Crippen LogP contribution in [0.5, 0.6) is 0 Å². The molecule has 0 radical (unpaired) electrons. The van der Waals surface area contributed by atoms with E-state index in [2.05, 4.69) is 10.5 Å². The van der Waals surface area contributed by atoms with Crippen molar-refractivity contribution in [3.8, 4) is 11.1 Å². The third-order valence-electron chi connectivity index (χ3n) is 4.56. The van der Waals surface area contributed by atoms with Gasteiger partial charge in [-0.2, -0.15) is 0 Å². The molecular formula is C23H24N2O4S. The van der Waals surface area contributed by atoms with Gasteiger partial charge in [0, 0.05) is 11.3 Å². The Morgan fingerprint density at radius 1 is 1.10 bits per heavy atom. The normalized spacial score (nSPS) is 10.6. The molecule has 0 saturated heterocycles. The van der Waals surface area contributed by atoms with Gasteiger partial charge in [0.1, 0.15) is 5.76 Å². The molecule has 30 heavy (non-hydrogen) atoms. The Balaban J connectivity index is 1.72. The summed E-state index contributed by atoms with van der Waals surface area (Å²) in [6.45, 7) is 5.75. The van der Waals surface area contributed by atoms with Crippen LogP contribution < -0.4 is 5.32 Å². The second kappa shape index (κ2) is 10.1. The first-order valence-electron chi connectivity index (χ1n) is 9.65. The molecule has 1 heterocycles.